The van der Waals surface area contributed by atoms with Gasteiger partial charge < -0.3 is 4.74 Å². The van der Waals surface area contributed by atoms with E-state index in [1.807, 2.05) is 0 Å². The maximum atomic E-state index is 14.4. The summed E-state index contributed by atoms with van der Waals surface area (Å²) in [5, 5.41) is 0. The smallest absolute Gasteiger partial charge is 0.426 e. The van der Waals surface area contributed by atoms with Crippen LogP contribution < -0.4 is 4.74 Å². The van der Waals surface area contributed by atoms with Crippen LogP contribution >= 0.6 is 0 Å². The van der Waals surface area contributed by atoms with Crippen LogP contribution in [0.5, 0.6) is 5.75 Å². The molecule has 2 aromatic rings. The number of benzene rings is 2. The first-order chi connectivity index (χ1) is 14.3. The fraction of sp³-hybridized carbons (Fsp3) is 0.417. The van der Waals surface area contributed by atoms with Crippen molar-refractivity contribution >= 4 is 0 Å². The Hall–Kier alpha value is -2.37. The third-order valence-corrected chi connectivity index (χ3v) is 5.56. The molecule has 1 fully saturated rings. The SMILES string of the molecule is CCC/C=C\C1CCC(c2ccc(C(F)(F)Oc3cc(F)c(F)c(F)c3)cc2)CC1. The Morgan fingerprint density at radius 2 is 1.57 bits per heavy atom. The van der Waals surface area contributed by atoms with Gasteiger partial charge in [-0.1, -0.05) is 37.6 Å². The number of rotatable bonds is 7. The molecule has 0 aromatic heterocycles. The molecule has 30 heavy (non-hydrogen) atoms. The van der Waals surface area contributed by atoms with Gasteiger partial charge in [0.15, 0.2) is 17.5 Å². The number of hydrogen-bond acceptors (Lipinski definition) is 1. The molecule has 162 valence electrons. The molecule has 2 aromatic carbocycles. The van der Waals surface area contributed by atoms with E-state index in [9.17, 15) is 22.0 Å². The summed E-state index contributed by atoms with van der Waals surface area (Å²) in [7, 11) is 0. The third kappa shape index (κ3) is 5.41. The van der Waals surface area contributed by atoms with Crippen LogP contribution in [0.25, 0.3) is 0 Å². The van der Waals surface area contributed by atoms with E-state index in [4.69, 9.17) is 0 Å². The van der Waals surface area contributed by atoms with E-state index in [1.54, 1.807) is 12.1 Å². The van der Waals surface area contributed by atoms with Crippen molar-refractivity contribution in [3.8, 4) is 5.75 Å². The molecular formula is C24H25F5O. The zero-order chi connectivity index (χ0) is 21.7. The summed E-state index contributed by atoms with van der Waals surface area (Å²) in [5.74, 6) is -4.78. The van der Waals surface area contributed by atoms with E-state index in [0.717, 1.165) is 44.1 Å². The monoisotopic (exact) mass is 424 g/mol. The van der Waals surface area contributed by atoms with Gasteiger partial charge in [-0.05, 0) is 61.6 Å². The number of allylic oxidation sites excluding steroid dienone is 2. The fourth-order valence-electron chi connectivity index (χ4n) is 3.85. The van der Waals surface area contributed by atoms with Crippen LogP contribution in [0.2, 0.25) is 0 Å². The highest BCUT2D eigenvalue weighted by Gasteiger charge is 2.35. The van der Waals surface area contributed by atoms with Gasteiger partial charge in [0.25, 0.3) is 0 Å². The summed E-state index contributed by atoms with van der Waals surface area (Å²) >= 11 is 0. The molecular weight excluding hydrogens is 399 g/mol. The molecule has 0 atom stereocenters. The number of alkyl halides is 2. The van der Waals surface area contributed by atoms with Crippen LogP contribution in [0.3, 0.4) is 0 Å². The Labute approximate surface area is 173 Å². The van der Waals surface area contributed by atoms with E-state index in [1.165, 1.54) is 12.1 Å². The first kappa shape index (κ1) is 22.3. The number of halogens is 5. The van der Waals surface area contributed by atoms with Crippen LogP contribution in [-0.4, -0.2) is 0 Å². The quantitative estimate of drug-likeness (QED) is 0.250. The summed E-state index contributed by atoms with van der Waals surface area (Å²) in [6, 6.07) is 6.62. The first-order valence-electron chi connectivity index (χ1n) is 10.3. The minimum Gasteiger partial charge on any atom is -0.429 e. The van der Waals surface area contributed by atoms with Crippen molar-refractivity contribution in [3.63, 3.8) is 0 Å². The Morgan fingerprint density at radius 1 is 0.967 bits per heavy atom. The lowest BCUT2D eigenvalue weighted by molar-refractivity contribution is -0.185. The molecule has 0 heterocycles. The molecule has 0 N–H and O–H groups in total. The highest BCUT2D eigenvalue weighted by atomic mass is 19.3. The van der Waals surface area contributed by atoms with Crippen molar-refractivity contribution in [2.24, 2.45) is 5.92 Å². The van der Waals surface area contributed by atoms with Gasteiger partial charge in [0, 0.05) is 12.1 Å². The van der Waals surface area contributed by atoms with E-state index in [-0.39, 0.29) is 0 Å². The number of hydrogen-bond donors (Lipinski definition) is 0. The van der Waals surface area contributed by atoms with E-state index < -0.39 is 34.9 Å². The molecule has 1 nitrogen and oxygen atoms in total. The van der Waals surface area contributed by atoms with Crippen molar-refractivity contribution in [3.05, 3.63) is 77.1 Å². The molecule has 0 spiro atoms. The van der Waals surface area contributed by atoms with Gasteiger partial charge in [-0.15, -0.1) is 0 Å². The maximum Gasteiger partial charge on any atom is 0.426 e. The van der Waals surface area contributed by atoms with Crippen molar-refractivity contribution in [2.75, 3.05) is 0 Å². The lowest BCUT2D eigenvalue weighted by atomic mass is 9.78. The average molecular weight is 424 g/mol. The average Bonchev–Trinajstić information content (AvgIpc) is 2.72. The molecule has 0 unspecified atom stereocenters. The minimum absolute atomic E-state index is 0.324. The normalized spacial score (nSPS) is 19.9. The van der Waals surface area contributed by atoms with Crippen molar-refractivity contribution in [1.82, 2.24) is 0 Å². The van der Waals surface area contributed by atoms with Gasteiger partial charge in [0.2, 0.25) is 0 Å². The maximum absolute atomic E-state index is 14.4. The summed E-state index contributed by atoms with van der Waals surface area (Å²) in [4.78, 5) is 0. The molecule has 3 rings (SSSR count). The molecule has 0 bridgehead atoms. The zero-order valence-electron chi connectivity index (χ0n) is 16.8. The predicted octanol–water partition coefficient (Wildman–Crippen LogP) is 7.86. The molecule has 1 aliphatic rings. The predicted molar refractivity (Wildman–Crippen MR) is 106 cm³/mol. The van der Waals surface area contributed by atoms with Crippen LogP contribution in [0.4, 0.5) is 22.0 Å². The zero-order valence-corrected chi connectivity index (χ0v) is 16.8. The van der Waals surface area contributed by atoms with Gasteiger partial charge in [-0.2, -0.15) is 8.78 Å². The minimum atomic E-state index is -3.81. The third-order valence-electron chi connectivity index (χ3n) is 5.56. The van der Waals surface area contributed by atoms with Crippen LogP contribution in [0.15, 0.2) is 48.6 Å². The second kappa shape index (κ2) is 9.63. The molecule has 0 aliphatic heterocycles. The van der Waals surface area contributed by atoms with Crippen molar-refractivity contribution in [1.29, 1.82) is 0 Å². The largest absolute Gasteiger partial charge is 0.429 e. The summed E-state index contributed by atoms with van der Waals surface area (Å²) in [5.41, 5.74) is 0.553. The molecule has 1 saturated carbocycles. The second-order valence-electron chi connectivity index (χ2n) is 7.77. The van der Waals surface area contributed by atoms with Gasteiger partial charge in [-0.25, -0.2) is 13.2 Å². The van der Waals surface area contributed by atoms with Crippen molar-refractivity contribution in [2.45, 2.75) is 57.5 Å². The Kier molecular flexibility index (Phi) is 7.16. The number of ether oxygens (including phenoxy) is 1. The van der Waals surface area contributed by atoms with Crippen LogP contribution in [-0.2, 0) is 6.11 Å². The molecule has 0 amide bonds. The Morgan fingerprint density at radius 3 is 2.13 bits per heavy atom. The van der Waals surface area contributed by atoms with Crippen molar-refractivity contribution < 1.29 is 26.7 Å². The Balaban J connectivity index is 1.63. The van der Waals surface area contributed by atoms with Gasteiger partial charge in [0.05, 0.1) is 5.56 Å². The molecule has 6 heteroatoms. The Bertz CT molecular complexity index is 845. The van der Waals surface area contributed by atoms with Gasteiger partial charge >= 0.3 is 6.11 Å². The van der Waals surface area contributed by atoms with E-state index in [2.05, 4.69) is 23.8 Å². The summed E-state index contributed by atoms with van der Waals surface area (Å²) in [6.07, 6.45) is 7.11. The van der Waals surface area contributed by atoms with E-state index >= 15 is 0 Å². The number of unbranched alkanes of at least 4 members (excludes halogenated alkanes) is 1. The second-order valence-corrected chi connectivity index (χ2v) is 7.77. The standard InChI is InChI=1S/C24H25F5O/c1-2-3-4-5-16-6-8-17(9-7-16)18-10-12-19(13-11-18)24(28,29)30-20-14-21(25)23(27)22(26)15-20/h4-5,10-17H,2-3,6-9H2,1H3/b5-4-. The molecule has 0 saturated heterocycles. The lowest BCUT2D eigenvalue weighted by Gasteiger charge is -2.27. The lowest BCUT2D eigenvalue weighted by Crippen LogP contribution is -2.22. The fourth-order valence-corrected chi connectivity index (χ4v) is 3.85. The molecule has 0 radical (unpaired) electrons. The summed E-state index contributed by atoms with van der Waals surface area (Å²) in [6.45, 7) is 2.15. The summed E-state index contributed by atoms with van der Waals surface area (Å²) < 4.78 is 72.8. The molecule has 1 aliphatic carbocycles. The van der Waals surface area contributed by atoms with Gasteiger partial charge in [-0.3, -0.25) is 0 Å². The van der Waals surface area contributed by atoms with Crippen LogP contribution in [0.1, 0.15) is 62.5 Å². The first-order valence-corrected chi connectivity index (χ1v) is 10.3. The topological polar surface area (TPSA) is 9.23 Å². The highest BCUT2D eigenvalue weighted by molar-refractivity contribution is 5.30. The highest BCUT2D eigenvalue weighted by Crippen LogP contribution is 2.38. The van der Waals surface area contributed by atoms with Gasteiger partial charge in [0.1, 0.15) is 5.75 Å². The van der Waals surface area contributed by atoms with E-state index in [0.29, 0.717) is 24.0 Å². The van der Waals surface area contributed by atoms with Crippen LogP contribution in [0, 0.1) is 23.4 Å².